The fourth-order valence-electron chi connectivity index (χ4n) is 2.04. The number of hydrogen-bond donors (Lipinski definition) is 1. The van der Waals surface area contributed by atoms with Crippen molar-refractivity contribution in [3.8, 4) is 0 Å². The van der Waals surface area contributed by atoms with Gasteiger partial charge in [-0.25, -0.2) is 4.39 Å². The van der Waals surface area contributed by atoms with Gasteiger partial charge in [-0.15, -0.1) is 0 Å². The molecule has 0 radical (unpaired) electrons. The Kier molecular flexibility index (Phi) is 4.14. The zero-order valence-electron chi connectivity index (χ0n) is 13.0. The van der Waals surface area contributed by atoms with Gasteiger partial charge in [-0.3, -0.25) is 0 Å². The Balaban J connectivity index is 2.17. The number of hydrogen-bond acceptors (Lipinski definition) is 4. The van der Waals surface area contributed by atoms with E-state index < -0.39 is 5.41 Å². The Labute approximate surface area is 124 Å². The van der Waals surface area contributed by atoms with Gasteiger partial charge in [0, 0.05) is 12.0 Å². The van der Waals surface area contributed by atoms with Gasteiger partial charge in [0.25, 0.3) is 0 Å². The molecule has 5 heteroatoms. The predicted molar refractivity (Wildman–Crippen MR) is 79.4 cm³/mol. The third-order valence-corrected chi connectivity index (χ3v) is 3.58. The molecule has 0 saturated heterocycles. The highest BCUT2D eigenvalue weighted by Gasteiger charge is 2.29. The van der Waals surface area contributed by atoms with Crippen LogP contribution in [0.2, 0.25) is 0 Å². The summed E-state index contributed by atoms with van der Waals surface area (Å²) < 4.78 is 18.3. The molecular formula is C16H22FN3O. The highest BCUT2D eigenvalue weighted by Crippen LogP contribution is 2.29. The van der Waals surface area contributed by atoms with Gasteiger partial charge >= 0.3 is 0 Å². The topological polar surface area (TPSA) is 64.9 Å². The Morgan fingerprint density at radius 2 is 1.76 bits per heavy atom. The van der Waals surface area contributed by atoms with Crippen LogP contribution in [0.15, 0.2) is 28.8 Å². The number of aryl methyl sites for hydroxylation is 1. The highest BCUT2D eigenvalue weighted by molar-refractivity contribution is 5.30. The summed E-state index contributed by atoms with van der Waals surface area (Å²) in [6.45, 7) is 7.91. The van der Waals surface area contributed by atoms with E-state index in [2.05, 4.69) is 10.1 Å². The van der Waals surface area contributed by atoms with E-state index in [0.29, 0.717) is 18.1 Å². The number of nitrogens with two attached hydrogens (primary N) is 1. The Bertz CT molecular complexity index is 597. The van der Waals surface area contributed by atoms with Crippen LogP contribution in [-0.2, 0) is 11.8 Å². The second kappa shape index (κ2) is 5.56. The van der Waals surface area contributed by atoms with Gasteiger partial charge in [0.2, 0.25) is 5.89 Å². The van der Waals surface area contributed by atoms with Crippen molar-refractivity contribution in [2.75, 3.05) is 0 Å². The van der Waals surface area contributed by atoms with Crippen molar-refractivity contribution in [1.29, 1.82) is 0 Å². The lowest BCUT2D eigenvalue weighted by Gasteiger charge is -2.20. The van der Waals surface area contributed by atoms with Crippen molar-refractivity contribution >= 4 is 0 Å². The third kappa shape index (κ3) is 3.88. The van der Waals surface area contributed by atoms with E-state index >= 15 is 0 Å². The summed E-state index contributed by atoms with van der Waals surface area (Å²) in [5.74, 6) is 0.922. The van der Waals surface area contributed by atoms with Crippen LogP contribution in [0.3, 0.4) is 0 Å². The predicted octanol–water partition coefficient (Wildman–Crippen LogP) is 3.20. The van der Waals surface area contributed by atoms with Crippen LogP contribution in [0.4, 0.5) is 4.39 Å². The molecule has 0 aliphatic carbocycles. The summed E-state index contributed by atoms with van der Waals surface area (Å²) in [5, 5.41) is 4.07. The molecule has 1 aromatic carbocycles. The minimum Gasteiger partial charge on any atom is -0.339 e. The summed E-state index contributed by atoms with van der Waals surface area (Å²) in [6, 6.07) is 6.37. The SMILES string of the molecule is CC(C)(N)CCc1nc(C(C)(C)c2ccc(F)cc2)no1. The lowest BCUT2D eigenvalue weighted by atomic mass is 9.84. The molecule has 0 aliphatic heterocycles. The quantitative estimate of drug-likeness (QED) is 0.918. The fraction of sp³-hybridized carbons (Fsp3) is 0.500. The molecule has 0 atom stereocenters. The van der Waals surface area contributed by atoms with Gasteiger partial charge in [-0.2, -0.15) is 4.98 Å². The van der Waals surface area contributed by atoms with Crippen LogP contribution >= 0.6 is 0 Å². The average molecular weight is 291 g/mol. The van der Waals surface area contributed by atoms with Crippen LogP contribution < -0.4 is 5.73 Å². The number of benzene rings is 1. The molecule has 2 N–H and O–H groups in total. The van der Waals surface area contributed by atoms with Gasteiger partial charge < -0.3 is 10.3 Å². The van der Waals surface area contributed by atoms with E-state index in [4.69, 9.17) is 10.3 Å². The lowest BCUT2D eigenvalue weighted by Crippen LogP contribution is -2.32. The maximum absolute atomic E-state index is 13.0. The molecule has 0 unspecified atom stereocenters. The van der Waals surface area contributed by atoms with Crippen molar-refractivity contribution < 1.29 is 8.91 Å². The Morgan fingerprint density at radius 3 is 2.33 bits per heavy atom. The minimum atomic E-state index is -0.437. The van der Waals surface area contributed by atoms with E-state index in [1.165, 1.54) is 12.1 Å². The van der Waals surface area contributed by atoms with Gasteiger partial charge in [0.15, 0.2) is 5.82 Å². The van der Waals surface area contributed by atoms with Crippen LogP contribution in [0.25, 0.3) is 0 Å². The summed E-state index contributed by atoms with van der Waals surface area (Å²) in [4.78, 5) is 4.46. The van der Waals surface area contributed by atoms with Gasteiger partial charge in [0.05, 0.1) is 5.41 Å². The largest absolute Gasteiger partial charge is 0.339 e. The van der Waals surface area contributed by atoms with Crippen molar-refractivity contribution in [3.63, 3.8) is 0 Å². The van der Waals surface area contributed by atoms with Gasteiger partial charge in [0.1, 0.15) is 5.82 Å². The molecule has 1 aromatic heterocycles. The molecule has 2 rings (SSSR count). The molecule has 21 heavy (non-hydrogen) atoms. The van der Waals surface area contributed by atoms with Crippen molar-refractivity contribution in [2.24, 2.45) is 5.73 Å². The molecule has 0 fully saturated rings. The van der Waals surface area contributed by atoms with Gasteiger partial charge in [-0.1, -0.05) is 17.3 Å². The Morgan fingerprint density at radius 1 is 1.14 bits per heavy atom. The van der Waals surface area contributed by atoms with Crippen LogP contribution in [0, 0.1) is 5.82 Å². The summed E-state index contributed by atoms with van der Waals surface area (Å²) >= 11 is 0. The van der Waals surface area contributed by atoms with Crippen molar-refractivity contribution in [1.82, 2.24) is 10.1 Å². The number of aromatic nitrogens is 2. The maximum atomic E-state index is 13.0. The molecular weight excluding hydrogens is 269 g/mol. The number of rotatable bonds is 5. The fourth-order valence-corrected chi connectivity index (χ4v) is 2.04. The standard InChI is InChI=1S/C16H22FN3O/c1-15(2,18)10-9-13-19-14(20-21-13)16(3,4)11-5-7-12(17)8-6-11/h5-8H,9-10,18H2,1-4H3. The molecule has 2 aromatic rings. The first kappa shape index (κ1) is 15.6. The molecule has 0 aliphatic rings. The summed E-state index contributed by atoms with van der Waals surface area (Å²) in [7, 11) is 0. The summed E-state index contributed by atoms with van der Waals surface area (Å²) in [6.07, 6.45) is 1.42. The molecule has 0 saturated carbocycles. The molecule has 0 spiro atoms. The van der Waals surface area contributed by atoms with Crippen LogP contribution in [0.1, 0.15) is 51.4 Å². The van der Waals surface area contributed by atoms with Gasteiger partial charge in [-0.05, 0) is 51.8 Å². The maximum Gasteiger partial charge on any atom is 0.226 e. The van der Waals surface area contributed by atoms with Crippen molar-refractivity contribution in [3.05, 3.63) is 47.4 Å². The first-order chi connectivity index (χ1) is 9.68. The van der Waals surface area contributed by atoms with Crippen molar-refractivity contribution in [2.45, 2.75) is 51.5 Å². The van der Waals surface area contributed by atoms with E-state index in [0.717, 1.165) is 12.0 Å². The first-order valence-electron chi connectivity index (χ1n) is 7.06. The van der Waals surface area contributed by atoms with E-state index in [1.54, 1.807) is 12.1 Å². The van der Waals surface area contributed by atoms with E-state index in [9.17, 15) is 4.39 Å². The second-order valence-electron chi connectivity index (χ2n) is 6.63. The monoisotopic (exact) mass is 291 g/mol. The lowest BCUT2D eigenvalue weighted by molar-refractivity contribution is 0.349. The third-order valence-electron chi connectivity index (χ3n) is 3.58. The average Bonchev–Trinajstić information content (AvgIpc) is 2.85. The van der Waals surface area contributed by atoms with Crippen LogP contribution in [0.5, 0.6) is 0 Å². The second-order valence-corrected chi connectivity index (χ2v) is 6.63. The molecule has 1 heterocycles. The molecule has 0 amide bonds. The zero-order valence-corrected chi connectivity index (χ0v) is 13.0. The Hall–Kier alpha value is -1.75. The minimum absolute atomic E-state index is 0.256. The first-order valence-corrected chi connectivity index (χ1v) is 7.06. The normalized spacial score (nSPS) is 12.7. The van der Waals surface area contributed by atoms with E-state index in [-0.39, 0.29) is 11.4 Å². The molecule has 114 valence electrons. The highest BCUT2D eigenvalue weighted by atomic mass is 19.1. The smallest absolute Gasteiger partial charge is 0.226 e. The number of nitrogens with zero attached hydrogens (tertiary/aromatic N) is 2. The molecule has 0 bridgehead atoms. The van der Waals surface area contributed by atoms with Crippen LogP contribution in [-0.4, -0.2) is 15.7 Å². The summed E-state index contributed by atoms with van der Waals surface area (Å²) in [5.41, 5.74) is 6.20. The number of halogens is 1. The molecule has 4 nitrogen and oxygen atoms in total. The van der Waals surface area contributed by atoms with E-state index in [1.807, 2.05) is 27.7 Å². The zero-order chi connectivity index (χ0) is 15.7.